The first-order valence-corrected chi connectivity index (χ1v) is 9.50. The van der Waals surface area contributed by atoms with Crippen LogP contribution in [-0.4, -0.2) is 47.0 Å². The van der Waals surface area contributed by atoms with Crippen LogP contribution in [0.5, 0.6) is 0 Å². The number of piperazine rings is 1. The second-order valence-corrected chi connectivity index (χ2v) is 6.63. The molecule has 1 amide bonds. The van der Waals surface area contributed by atoms with E-state index in [0.29, 0.717) is 37.9 Å². The van der Waals surface area contributed by atoms with Crippen LogP contribution >= 0.6 is 0 Å². The highest BCUT2D eigenvalue weighted by atomic mass is 16.3. The number of hydrogen-bond acceptors (Lipinski definition) is 6. The highest BCUT2D eigenvalue weighted by Crippen LogP contribution is 2.21. The Morgan fingerprint density at radius 2 is 1.93 bits per heavy atom. The summed E-state index contributed by atoms with van der Waals surface area (Å²) < 4.78 is 5.22. The average Bonchev–Trinajstić information content (AvgIpc) is 3.29. The summed E-state index contributed by atoms with van der Waals surface area (Å²) >= 11 is 0. The number of nitrogens with one attached hydrogen (secondary N) is 1. The van der Waals surface area contributed by atoms with Gasteiger partial charge in [0, 0.05) is 38.1 Å². The van der Waals surface area contributed by atoms with E-state index in [0.717, 1.165) is 17.9 Å². The van der Waals surface area contributed by atoms with E-state index in [1.54, 1.807) is 18.3 Å². The van der Waals surface area contributed by atoms with E-state index in [-0.39, 0.29) is 5.91 Å². The van der Waals surface area contributed by atoms with Crippen molar-refractivity contribution < 1.29 is 9.21 Å². The number of carbonyl (C=O) groups excluding carboxylic acids is 1. The third-order valence-electron chi connectivity index (χ3n) is 4.91. The summed E-state index contributed by atoms with van der Waals surface area (Å²) in [5, 5.41) is 3.32. The Kier molecular flexibility index (Phi) is 5.23. The second kappa shape index (κ2) is 8.12. The summed E-state index contributed by atoms with van der Waals surface area (Å²) in [6, 6.07) is 13.5. The van der Waals surface area contributed by atoms with Gasteiger partial charge in [-0.25, -0.2) is 4.98 Å². The number of furan rings is 1. The van der Waals surface area contributed by atoms with Crippen LogP contribution < -0.4 is 10.2 Å². The number of para-hydroxylation sites is 1. The molecule has 2 aromatic heterocycles. The van der Waals surface area contributed by atoms with Crippen molar-refractivity contribution in [3.8, 4) is 0 Å². The molecule has 144 valence electrons. The molecule has 0 aliphatic carbocycles. The fourth-order valence-corrected chi connectivity index (χ4v) is 3.35. The number of rotatable bonds is 5. The minimum atomic E-state index is -0.0640. The van der Waals surface area contributed by atoms with Gasteiger partial charge in [0.05, 0.1) is 6.26 Å². The third kappa shape index (κ3) is 3.83. The molecule has 0 atom stereocenters. The van der Waals surface area contributed by atoms with Crippen LogP contribution in [-0.2, 0) is 6.42 Å². The predicted octanol–water partition coefficient (Wildman–Crippen LogP) is 3.34. The van der Waals surface area contributed by atoms with Gasteiger partial charge in [0.25, 0.3) is 5.91 Å². The van der Waals surface area contributed by atoms with Gasteiger partial charge in [-0.05, 0) is 36.2 Å². The molecule has 0 unspecified atom stereocenters. The zero-order valence-electron chi connectivity index (χ0n) is 15.8. The lowest BCUT2D eigenvalue weighted by molar-refractivity contribution is 0.0714. The molecule has 28 heavy (non-hydrogen) atoms. The first kappa shape index (κ1) is 18.0. The minimum Gasteiger partial charge on any atom is -0.459 e. The molecule has 1 fully saturated rings. The Morgan fingerprint density at radius 1 is 1.11 bits per heavy atom. The predicted molar refractivity (Wildman–Crippen MR) is 108 cm³/mol. The summed E-state index contributed by atoms with van der Waals surface area (Å²) in [5.74, 6) is 1.76. The third-order valence-corrected chi connectivity index (χ3v) is 4.91. The Labute approximate surface area is 164 Å². The zero-order chi connectivity index (χ0) is 19.3. The number of nitrogens with zero attached hydrogens (tertiary/aromatic N) is 4. The summed E-state index contributed by atoms with van der Waals surface area (Å²) in [6.45, 7) is 4.82. The molecule has 1 saturated heterocycles. The Balaban J connectivity index is 1.42. The smallest absolute Gasteiger partial charge is 0.289 e. The van der Waals surface area contributed by atoms with Crippen LogP contribution in [0.25, 0.3) is 0 Å². The average molecular weight is 377 g/mol. The van der Waals surface area contributed by atoms with Gasteiger partial charge in [0.1, 0.15) is 5.82 Å². The molecule has 1 N–H and O–H groups in total. The quantitative estimate of drug-likeness (QED) is 0.735. The first-order valence-electron chi connectivity index (χ1n) is 9.50. The maximum Gasteiger partial charge on any atom is 0.289 e. The van der Waals surface area contributed by atoms with Crippen molar-refractivity contribution in [1.82, 2.24) is 14.9 Å². The van der Waals surface area contributed by atoms with Gasteiger partial charge in [-0.3, -0.25) is 4.79 Å². The molecule has 3 aromatic rings. The van der Waals surface area contributed by atoms with E-state index in [1.807, 2.05) is 29.2 Å². The lowest BCUT2D eigenvalue weighted by atomic mass is 10.1. The molecule has 4 rings (SSSR count). The van der Waals surface area contributed by atoms with E-state index < -0.39 is 0 Å². The van der Waals surface area contributed by atoms with Crippen LogP contribution in [0.1, 0.15) is 23.0 Å². The van der Waals surface area contributed by atoms with Crippen LogP contribution in [0.4, 0.5) is 17.5 Å². The van der Waals surface area contributed by atoms with Crippen LogP contribution in [0.15, 0.2) is 59.3 Å². The van der Waals surface area contributed by atoms with E-state index in [1.165, 1.54) is 11.8 Å². The van der Waals surface area contributed by atoms with Crippen LogP contribution in [0.2, 0.25) is 0 Å². The number of benzene rings is 1. The molecule has 0 bridgehead atoms. The summed E-state index contributed by atoms with van der Waals surface area (Å²) in [7, 11) is 0. The van der Waals surface area contributed by atoms with Gasteiger partial charge in [-0.1, -0.05) is 25.1 Å². The van der Waals surface area contributed by atoms with Crippen molar-refractivity contribution >= 4 is 23.4 Å². The molecular formula is C21H23N5O2. The van der Waals surface area contributed by atoms with Crippen molar-refractivity contribution in [2.45, 2.75) is 13.3 Å². The number of carbonyl (C=O) groups is 1. The van der Waals surface area contributed by atoms with Gasteiger partial charge in [0.2, 0.25) is 5.95 Å². The maximum absolute atomic E-state index is 12.4. The number of aromatic nitrogens is 2. The van der Waals surface area contributed by atoms with Gasteiger partial charge >= 0.3 is 0 Å². The summed E-state index contributed by atoms with van der Waals surface area (Å²) in [5.41, 5.74) is 2.25. The monoisotopic (exact) mass is 377 g/mol. The maximum atomic E-state index is 12.4. The second-order valence-electron chi connectivity index (χ2n) is 6.63. The van der Waals surface area contributed by atoms with Gasteiger partial charge in [-0.2, -0.15) is 4.98 Å². The van der Waals surface area contributed by atoms with Crippen molar-refractivity contribution in [3.63, 3.8) is 0 Å². The largest absolute Gasteiger partial charge is 0.459 e. The molecule has 7 nitrogen and oxygen atoms in total. The van der Waals surface area contributed by atoms with E-state index in [2.05, 4.69) is 33.2 Å². The number of aryl methyl sites for hydroxylation is 1. The summed E-state index contributed by atoms with van der Waals surface area (Å²) in [6.07, 6.45) is 4.23. The van der Waals surface area contributed by atoms with Crippen molar-refractivity contribution in [1.29, 1.82) is 0 Å². The van der Waals surface area contributed by atoms with E-state index >= 15 is 0 Å². The molecule has 0 radical (unpaired) electrons. The van der Waals surface area contributed by atoms with Gasteiger partial charge < -0.3 is 19.5 Å². The topological polar surface area (TPSA) is 74.5 Å². The van der Waals surface area contributed by atoms with E-state index in [9.17, 15) is 4.79 Å². The number of anilines is 3. The van der Waals surface area contributed by atoms with Gasteiger partial charge in [0.15, 0.2) is 5.76 Å². The SMILES string of the molecule is CCc1ccccc1Nc1nccc(N2CCN(C(=O)c3ccco3)CC2)n1. The first-order chi connectivity index (χ1) is 13.7. The normalized spacial score (nSPS) is 14.2. The molecule has 7 heteroatoms. The fourth-order valence-electron chi connectivity index (χ4n) is 3.35. The van der Waals surface area contributed by atoms with Crippen molar-refractivity contribution in [3.05, 3.63) is 66.2 Å². The van der Waals surface area contributed by atoms with Crippen molar-refractivity contribution in [2.24, 2.45) is 0 Å². The lowest BCUT2D eigenvalue weighted by Crippen LogP contribution is -2.49. The van der Waals surface area contributed by atoms with Crippen LogP contribution in [0.3, 0.4) is 0 Å². The Morgan fingerprint density at radius 3 is 2.68 bits per heavy atom. The Hall–Kier alpha value is -3.35. The molecule has 1 aliphatic heterocycles. The van der Waals surface area contributed by atoms with E-state index in [4.69, 9.17) is 4.42 Å². The Bertz CT molecular complexity index is 933. The fraction of sp³-hybridized carbons (Fsp3) is 0.286. The molecule has 0 saturated carbocycles. The molecule has 3 heterocycles. The standard InChI is InChI=1S/C21H23N5O2/c1-2-16-6-3-4-7-17(16)23-21-22-10-9-19(24-21)25-11-13-26(14-12-25)20(27)18-8-5-15-28-18/h3-10,15H,2,11-14H2,1H3,(H,22,23,24). The molecule has 1 aliphatic rings. The van der Waals surface area contributed by atoms with Crippen LogP contribution in [0, 0.1) is 0 Å². The molecule has 1 aromatic carbocycles. The molecular weight excluding hydrogens is 354 g/mol. The minimum absolute atomic E-state index is 0.0640. The molecule has 0 spiro atoms. The highest BCUT2D eigenvalue weighted by Gasteiger charge is 2.24. The van der Waals surface area contributed by atoms with Gasteiger partial charge in [-0.15, -0.1) is 0 Å². The number of amides is 1. The van der Waals surface area contributed by atoms with Crippen molar-refractivity contribution in [2.75, 3.05) is 36.4 Å². The summed E-state index contributed by atoms with van der Waals surface area (Å²) in [4.78, 5) is 25.4. The highest BCUT2D eigenvalue weighted by molar-refractivity contribution is 5.91. The zero-order valence-corrected chi connectivity index (χ0v) is 15.8. The lowest BCUT2D eigenvalue weighted by Gasteiger charge is -2.35. The number of hydrogen-bond donors (Lipinski definition) is 1.